The van der Waals surface area contributed by atoms with Crippen molar-refractivity contribution in [3.63, 3.8) is 0 Å². The zero-order chi connectivity index (χ0) is 24.4. The van der Waals surface area contributed by atoms with Crippen LogP contribution in [0.25, 0.3) is 11.1 Å². The summed E-state index contributed by atoms with van der Waals surface area (Å²) in [4.78, 5) is 33.4. The number of fused-ring (bicyclic) bond motifs is 1. The molecule has 2 aliphatic rings. The number of ether oxygens (including phenoxy) is 1. The summed E-state index contributed by atoms with van der Waals surface area (Å²) in [5.41, 5.74) is 4.73. The van der Waals surface area contributed by atoms with Crippen molar-refractivity contribution < 1.29 is 14.3 Å². The van der Waals surface area contributed by atoms with Crippen LogP contribution in [0.2, 0.25) is 0 Å². The summed E-state index contributed by atoms with van der Waals surface area (Å²) >= 11 is 0. The number of hydrogen-bond acceptors (Lipinski definition) is 5. The van der Waals surface area contributed by atoms with Gasteiger partial charge in [0, 0.05) is 43.5 Å². The second-order valence-corrected chi connectivity index (χ2v) is 9.14. The fraction of sp³-hybridized carbons (Fsp3) is 0.321. The molecular formula is C28H30N4O3. The summed E-state index contributed by atoms with van der Waals surface area (Å²) in [7, 11) is 0. The fourth-order valence-electron chi connectivity index (χ4n) is 5.04. The first-order valence-corrected chi connectivity index (χ1v) is 12.1. The Hall–Kier alpha value is -3.71. The summed E-state index contributed by atoms with van der Waals surface area (Å²) in [6.07, 6.45) is 2.55. The highest BCUT2D eigenvalue weighted by Gasteiger charge is 2.32. The molecule has 0 saturated carbocycles. The number of anilines is 2. The Kier molecular flexibility index (Phi) is 6.51. The van der Waals surface area contributed by atoms with E-state index in [-0.39, 0.29) is 23.9 Å². The van der Waals surface area contributed by atoms with Crippen LogP contribution < -0.4 is 10.2 Å². The van der Waals surface area contributed by atoms with Crippen LogP contribution in [0, 0.1) is 0 Å². The molecule has 2 amide bonds. The Morgan fingerprint density at radius 2 is 1.74 bits per heavy atom. The number of nitrogens with zero attached hydrogens (tertiary/aromatic N) is 3. The lowest BCUT2D eigenvalue weighted by molar-refractivity contribution is -0.117. The van der Waals surface area contributed by atoms with Crippen LogP contribution in [-0.4, -0.2) is 54.0 Å². The monoisotopic (exact) mass is 470 g/mol. The van der Waals surface area contributed by atoms with Crippen LogP contribution >= 0.6 is 0 Å². The van der Waals surface area contributed by atoms with Gasteiger partial charge in [-0.15, -0.1) is 0 Å². The van der Waals surface area contributed by atoms with Crippen molar-refractivity contribution in [3.05, 3.63) is 78.0 Å². The van der Waals surface area contributed by atoms with Gasteiger partial charge in [-0.2, -0.15) is 0 Å². The van der Waals surface area contributed by atoms with Crippen LogP contribution in [0.5, 0.6) is 0 Å². The van der Waals surface area contributed by atoms with Gasteiger partial charge in [0.25, 0.3) is 5.91 Å². The lowest BCUT2D eigenvalue weighted by Gasteiger charge is -2.39. The molecule has 1 fully saturated rings. The summed E-state index contributed by atoms with van der Waals surface area (Å²) in [5, 5.41) is 3.56. The first-order valence-electron chi connectivity index (χ1n) is 12.1. The van der Waals surface area contributed by atoms with E-state index >= 15 is 0 Å². The number of benzene rings is 2. The van der Waals surface area contributed by atoms with E-state index in [0.717, 1.165) is 34.6 Å². The summed E-state index contributed by atoms with van der Waals surface area (Å²) in [6.45, 7) is 6.12. The second kappa shape index (κ2) is 9.88. The molecular weight excluding hydrogens is 440 g/mol. The smallest absolute Gasteiger partial charge is 0.254 e. The van der Waals surface area contributed by atoms with Crippen molar-refractivity contribution in [3.8, 4) is 11.1 Å². The highest BCUT2D eigenvalue weighted by molar-refractivity contribution is 5.95. The van der Waals surface area contributed by atoms with Crippen molar-refractivity contribution in [2.24, 2.45) is 0 Å². The minimum atomic E-state index is 0.0209. The number of hydrogen-bond donors (Lipinski definition) is 1. The molecule has 0 bridgehead atoms. The van der Waals surface area contributed by atoms with E-state index in [1.807, 2.05) is 64.4 Å². The zero-order valence-corrected chi connectivity index (χ0v) is 20.1. The normalized spacial score (nSPS) is 19.7. The largest absolute Gasteiger partial charge is 0.378 e. The molecule has 1 saturated heterocycles. The van der Waals surface area contributed by atoms with Gasteiger partial charge in [0.2, 0.25) is 5.91 Å². The molecule has 2 unspecified atom stereocenters. The van der Waals surface area contributed by atoms with Crippen molar-refractivity contribution in [2.45, 2.75) is 32.4 Å². The molecule has 0 aliphatic carbocycles. The molecule has 2 aromatic carbocycles. The minimum Gasteiger partial charge on any atom is -0.378 e. The molecule has 180 valence electrons. The maximum Gasteiger partial charge on any atom is 0.254 e. The van der Waals surface area contributed by atoms with E-state index in [9.17, 15) is 9.59 Å². The van der Waals surface area contributed by atoms with E-state index < -0.39 is 0 Å². The number of amides is 2. The maximum absolute atomic E-state index is 12.8. The summed E-state index contributed by atoms with van der Waals surface area (Å²) in [5.74, 6) is 0.882. The summed E-state index contributed by atoms with van der Waals surface area (Å²) < 4.78 is 5.36. The molecule has 5 rings (SSSR count). The van der Waals surface area contributed by atoms with Gasteiger partial charge in [0.1, 0.15) is 5.82 Å². The van der Waals surface area contributed by atoms with Gasteiger partial charge in [0.05, 0.1) is 19.3 Å². The molecule has 2 aliphatic heterocycles. The van der Waals surface area contributed by atoms with Gasteiger partial charge in [-0.05, 0) is 66.4 Å². The number of nitrogens with one attached hydrogen (secondary N) is 1. The molecule has 1 aromatic heterocycles. The van der Waals surface area contributed by atoms with E-state index in [4.69, 9.17) is 4.74 Å². The standard InChI is InChI=1S/C28H30N4O3/c1-19-17-25(30-27-5-3-4-12-29-27)24-18-23(10-11-26(24)32(19)20(2)33)21-6-8-22(9-7-21)28(34)31-13-15-35-16-14-31/h3-12,18-19,25H,13-17H2,1-2H3,(H,29,30). The van der Waals surface area contributed by atoms with Gasteiger partial charge in [0.15, 0.2) is 0 Å². The molecule has 7 heteroatoms. The number of morpholine rings is 1. The van der Waals surface area contributed by atoms with Gasteiger partial charge in [-0.1, -0.05) is 24.3 Å². The Balaban J connectivity index is 1.45. The minimum absolute atomic E-state index is 0.0209. The van der Waals surface area contributed by atoms with Gasteiger partial charge in [-0.25, -0.2) is 4.98 Å². The summed E-state index contributed by atoms with van der Waals surface area (Å²) in [6, 6.07) is 19.9. The Morgan fingerprint density at radius 1 is 1.00 bits per heavy atom. The Morgan fingerprint density at radius 3 is 2.43 bits per heavy atom. The molecule has 35 heavy (non-hydrogen) atoms. The third-order valence-electron chi connectivity index (χ3n) is 6.77. The average molecular weight is 471 g/mol. The first kappa shape index (κ1) is 23.1. The van der Waals surface area contributed by atoms with E-state index in [0.29, 0.717) is 31.9 Å². The van der Waals surface area contributed by atoms with Crippen molar-refractivity contribution >= 4 is 23.3 Å². The van der Waals surface area contributed by atoms with Crippen molar-refractivity contribution in [1.29, 1.82) is 0 Å². The van der Waals surface area contributed by atoms with Crippen molar-refractivity contribution in [2.75, 3.05) is 36.5 Å². The predicted octanol–water partition coefficient (Wildman–Crippen LogP) is 4.52. The topological polar surface area (TPSA) is 74.8 Å². The quantitative estimate of drug-likeness (QED) is 0.607. The third-order valence-corrected chi connectivity index (χ3v) is 6.77. The van der Waals surface area contributed by atoms with E-state index in [1.165, 1.54) is 0 Å². The third kappa shape index (κ3) is 4.77. The van der Waals surface area contributed by atoms with Crippen LogP contribution in [-0.2, 0) is 9.53 Å². The van der Waals surface area contributed by atoms with Crippen LogP contribution in [0.15, 0.2) is 66.9 Å². The van der Waals surface area contributed by atoms with Crippen LogP contribution in [0.4, 0.5) is 11.5 Å². The lowest BCUT2D eigenvalue weighted by atomic mass is 9.89. The predicted molar refractivity (Wildman–Crippen MR) is 136 cm³/mol. The van der Waals surface area contributed by atoms with E-state index in [2.05, 4.69) is 23.3 Å². The first-order chi connectivity index (χ1) is 17.0. The van der Waals surface area contributed by atoms with Crippen LogP contribution in [0.3, 0.4) is 0 Å². The SMILES string of the molecule is CC(=O)N1c2ccc(-c3ccc(C(=O)N4CCOCC4)cc3)cc2C(Nc2ccccn2)CC1C. The zero-order valence-electron chi connectivity index (χ0n) is 20.1. The molecule has 1 N–H and O–H groups in total. The maximum atomic E-state index is 12.8. The highest BCUT2D eigenvalue weighted by Crippen LogP contribution is 2.41. The number of carbonyl (C=O) groups excluding carboxylic acids is 2. The molecule has 2 atom stereocenters. The van der Waals surface area contributed by atoms with Gasteiger partial charge < -0.3 is 19.9 Å². The van der Waals surface area contributed by atoms with E-state index in [1.54, 1.807) is 13.1 Å². The fourth-order valence-corrected chi connectivity index (χ4v) is 5.04. The number of aromatic nitrogens is 1. The lowest BCUT2D eigenvalue weighted by Crippen LogP contribution is -2.43. The molecule has 0 radical (unpaired) electrons. The molecule has 7 nitrogen and oxygen atoms in total. The van der Waals surface area contributed by atoms with Crippen molar-refractivity contribution in [1.82, 2.24) is 9.88 Å². The molecule has 3 aromatic rings. The highest BCUT2D eigenvalue weighted by atomic mass is 16.5. The van der Waals surface area contributed by atoms with Gasteiger partial charge in [-0.3, -0.25) is 9.59 Å². The molecule has 0 spiro atoms. The molecule has 3 heterocycles. The van der Waals surface area contributed by atoms with Crippen LogP contribution in [0.1, 0.15) is 42.2 Å². The Labute approximate surface area is 205 Å². The Bertz CT molecular complexity index is 1210. The second-order valence-electron chi connectivity index (χ2n) is 9.14. The number of pyridine rings is 1. The van der Waals surface area contributed by atoms with Gasteiger partial charge >= 0.3 is 0 Å². The number of carbonyl (C=O) groups is 2. The number of rotatable bonds is 4. The average Bonchev–Trinajstić information content (AvgIpc) is 2.89.